The fraction of sp³-hybridized carbons (Fsp3) is 0.960. The third kappa shape index (κ3) is 3.44. The third-order valence-corrected chi connectivity index (χ3v) is 11.1. The molecule has 0 aliphatic heterocycles. The third-order valence-electron chi connectivity index (χ3n) is 10.0. The summed E-state index contributed by atoms with van der Waals surface area (Å²) in [6.45, 7) is 13.8. The molecule has 4 rings (SSSR count). The van der Waals surface area contributed by atoms with Gasteiger partial charge < -0.3 is 9.53 Å². The first-order chi connectivity index (χ1) is 13.4. The van der Waals surface area contributed by atoms with Gasteiger partial charge in [-0.1, -0.05) is 13.8 Å². The van der Waals surface area contributed by atoms with E-state index in [0.29, 0.717) is 17.3 Å². The standard InChI is InChI=1S/C25H43NO2Si/c1-23-13-11-18(27)15-17(23)7-8-19-20-9-10-22(24(20,2)14-12-21(19)23)25(3,16-26)28-29(4,5)6/h17-22,27H,7-15H2,1-6H3/t17-,18-,19-,20-,21-,22-,23-,24-,25-/m0/s1. The zero-order valence-electron chi connectivity index (χ0n) is 19.6. The molecule has 0 aromatic rings. The maximum Gasteiger partial charge on any atom is 0.185 e. The first-order valence-corrected chi connectivity index (χ1v) is 15.6. The number of hydrogen-bond acceptors (Lipinski definition) is 3. The molecule has 9 atom stereocenters. The van der Waals surface area contributed by atoms with Gasteiger partial charge in [0.2, 0.25) is 0 Å². The van der Waals surface area contributed by atoms with Crippen LogP contribution in [0.2, 0.25) is 19.6 Å². The van der Waals surface area contributed by atoms with Crippen LogP contribution < -0.4 is 0 Å². The summed E-state index contributed by atoms with van der Waals surface area (Å²) in [5, 5.41) is 20.4. The number of fused-ring (bicyclic) bond motifs is 5. The van der Waals surface area contributed by atoms with Crippen molar-refractivity contribution in [1.82, 2.24) is 0 Å². The number of aliphatic hydroxyl groups excluding tert-OH is 1. The van der Waals surface area contributed by atoms with Gasteiger partial charge in [-0.05, 0) is 119 Å². The molecule has 29 heavy (non-hydrogen) atoms. The largest absolute Gasteiger partial charge is 0.400 e. The minimum atomic E-state index is -1.79. The summed E-state index contributed by atoms with van der Waals surface area (Å²) >= 11 is 0. The van der Waals surface area contributed by atoms with E-state index in [0.717, 1.165) is 37.0 Å². The topological polar surface area (TPSA) is 53.2 Å². The molecule has 4 aliphatic carbocycles. The van der Waals surface area contributed by atoms with Crippen molar-refractivity contribution in [3.05, 3.63) is 0 Å². The van der Waals surface area contributed by atoms with Crippen LogP contribution in [0.1, 0.15) is 78.6 Å². The van der Waals surface area contributed by atoms with Crippen LogP contribution in [0.25, 0.3) is 0 Å². The van der Waals surface area contributed by atoms with E-state index in [1.54, 1.807) is 0 Å². The number of nitrogens with zero attached hydrogens (tertiary/aromatic N) is 1. The molecule has 0 saturated heterocycles. The van der Waals surface area contributed by atoms with Gasteiger partial charge in [0, 0.05) is 5.92 Å². The lowest BCUT2D eigenvalue weighted by molar-refractivity contribution is -0.135. The Morgan fingerprint density at radius 2 is 1.62 bits per heavy atom. The molecule has 0 radical (unpaired) electrons. The van der Waals surface area contributed by atoms with Gasteiger partial charge in [-0.15, -0.1) is 0 Å². The molecule has 1 N–H and O–H groups in total. The lowest BCUT2D eigenvalue weighted by atomic mass is 9.44. The molecule has 4 aliphatic rings. The summed E-state index contributed by atoms with van der Waals surface area (Å²) in [6, 6.07) is 2.65. The lowest BCUT2D eigenvalue weighted by Crippen LogP contribution is -2.56. The number of hydrogen-bond donors (Lipinski definition) is 1. The van der Waals surface area contributed by atoms with Crippen molar-refractivity contribution in [1.29, 1.82) is 5.26 Å². The average molecular weight is 418 g/mol. The zero-order chi connectivity index (χ0) is 21.2. The Labute approximate surface area is 179 Å². The van der Waals surface area contributed by atoms with Crippen LogP contribution in [-0.2, 0) is 4.43 Å². The van der Waals surface area contributed by atoms with E-state index in [9.17, 15) is 10.4 Å². The highest BCUT2D eigenvalue weighted by Gasteiger charge is 2.63. The Morgan fingerprint density at radius 1 is 0.966 bits per heavy atom. The van der Waals surface area contributed by atoms with E-state index in [-0.39, 0.29) is 11.5 Å². The maximum absolute atomic E-state index is 10.3. The van der Waals surface area contributed by atoms with Gasteiger partial charge in [0.25, 0.3) is 0 Å². The van der Waals surface area contributed by atoms with Crippen molar-refractivity contribution in [2.45, 2.75) is 110 Å². The Kier molecular flexibility index (Phi) is 5.33. The van der Waals surface area contributed by atoms with Gasteiger partial charge in [-0.3, -0.25) is 0 Å². The summed E-state index contributed by atoms with van der Waals surface area (Å²) in [7, 11) is -1.79. The van der Waals surface area contributed by atoms with E-state index in [4.69, 9.17) is 4.43 Å². The molecular formula is C25H43NO2Si. The van der Waals surface area contributed by atoms with Crippen molar-refractivity contribution in [2.24, 2.45) is 40.4 Å². The maximum atomic E-state index is 10.3. The molecular weight excluding hydrogens is 374 g/mol. The highest BCUT2D eigenvalue weighted by molar-refractivity contribution is 6.69. The first-order valence-electron chi connectivity index (χ1n) is 12.2. The lowest BCUT2D eigenvalue weighted by Gasteiger charge is -2.61. The molecule has 0 heterocycles. The van der Waals surface area contributed by atoms with Gasteiger partial charge in [0.05, 0.1) is 12.2 Å². The zero-order valence-corrected chi connectivity index (χ0v) is 20.6. The molecule has 0 spiro atoms. The van der Waals surface area contributed by atoms with Gasteiger partial charge in [0.1, 0.15) is 5.60 Å². The van der Waals surface area contributed by atoms with Crippen LogP contribution >= 0.6 is 0 Å². The Bertz CT molecular complexity index is 683. The molecule has 0 aromatic heterocycles. The second kappa shape index (κ2) is 7.07. The fourth-order valence-corrected chi connectivity index (χ4v) is 10.4. The smallest absolute Gasteiger partial charge is 0.185 e. The highest BCUT2D eigenvalue weighted by atomic mass is 28.4. The van der Waals surface area contributed by atoms with E-state index >= 15 is 0 Å². The molecule has 0 aromatic carbocycles. The summed E-state index contributed by atoms with van der Waals surface area (Å²) in [5.41, 5.74) is 0.0223. The molecule has 4 saturated carbocycles. The predicted molar refractivity (Wildman–Crippen MR) is 120 cm³/mol. The predicted octanol–water partition coefficient (Wildman–Crippen LogP) is 6.14. The highest BCUT2D eigenvalue weighted by Crippen LogP contribution is 2.68. The van der Waals surface area contributed by atoms with E-state index in [1.165, 1.54) is 38.5 Å². The molecule has 4 heteroatoms. The van der Waals surface area contributed by atoms with Crippen molar-refractivity contribution in [3.63, 3.8) is 0 Å². The van der Waals surface area contributed by atoms with Crippen molar-refractivity contribution in [3.8, 4) is 6.07 Å². The first kappa shape index (κ1) is 21.8. The second-order valence-electron chi connectivity index (χ2n) is 12.7. The summed E-state index contributed by atoms with van der Waals surface area (Å²) in [5.74, 6) is 3.45. The number of aliphatic hydroxyl groups is 1. The van der Waals surface area contributed by atoms with Gasteiger partial charge in [-0.2, -0.15) is 5.26 Å². The SMILES string of the molecule is C[C@]12CC[C@H](O)C[C@@H]1CC[C@@H]1[C@@H]2CC[C@@]2(C)[C@H]1CC[C@@H]2[C@](C)(C#N)O[Si](C)(C)C. The molecule has 164 valence electrons. The van der Waals surface area contributed by atoms with Crippen molar-refractivity contribution in [2.75, 3.05) is 0 Å². The van der Waals surface area contributed by atoms with Crippen LogP contribution in [0.3, 0.4) is 0 Å². The molecule has 0 bridgehead atoms. The van der Waals surface area contributed by atoms with Crippen LogP contribution in [-0.4, -0.2) is 25.1 Å². The Morgan fingerprint density at radius 3 is 2.28 bits per heavy atom. The second-order valence-corrected chi connectivity index (χ2v) is 17.1. The van der Waals surface area contributed by atoms with E-state index in [2.05, 4.69) is 46.5 Å². The van der Waals surface area contributed by atoms with E-state index in [1.807, 2.05) is 0 Å². The Hall–Kier alpha value is -0.373. The summed E-state index contributed by atoms with van der Waals surface area (Å²) < 4.78 is 6.58. The monoisotopic (exact) mass is 417 g/mol. The van der Waals surface area contributed by atoms with Crippen LogP contribution in [0.15, 0.2) is 0 Å². The number of rotatable bonds is 3. The minimum Gasteiger partial charge on any atom is -0.400 e. The van der Waals surface area contributed by atoms with Crippen molar-refractivity contribution < 1.29 is 9.53 Å². The van der Waals surface area contributed by atoms with Gasteiger partial charge in [0.15, 0.2) is 8.32 Å². The van der Waals surface area contributed by atoms with Gasteiger partial charge in [-0.25, -0.2) is 0 Å². The molecule has 4 fully saturated rings. The fourth-order valence-electron chi connectivity index (χ4n) is 8.95. The van der Waals surface area contributed by atoms with Crippen LogP contribution in [0.4, 0.5) is 0 Å². The summed E-state index contributed by atoms with van der Waals surface area (Å²) in [6.07, 6.45) is 10.8. The Balaban J connectivity index is 1.60. The normalized spacial score (nSPS) is 49.3. The van der Waals surface area contributed by atoms with Crippen LogP contribution in [0.5, 0.6) is 0 Å². The van der Waals surface area contributed by atoms with Gasteiger partial charge >= 0.3 is 0 Å². The van der Waals surface area contributed by atoms with E-state index < -0.39 is 13.9 Å². The van der Waals surface area contributed by atoms with Crippen LogP contribution in [0, 0.1) is 51.8 Å². The molecule has 0 unspecified atom stereocenters. The molecule has 3 nitrogen and oxygen atoms in total. The molecule has 0 amide bonds. The summed E-state index contributed by atoms with van der Waals surface area (Å²) in [4.78, 5) is 0. The number of nitriles is 1. The average Bonchev–Trinajstić information content (AvgIpc) is 2.99. The van der Waals surface area contributed by atoms with Crippen molar-refractivity contribution >= 4 is 8.32 Å². The quantitative estimate of drug-likeness (QED) is 0.561. The minimum absolute atomic E-state index is 0.0654.